The van der Waals surface area contributed by atoms with E-state index in [1.807, 2.05) is 0 Å². The number of hydrogen-bond acceptors (Lipinski definition) is 4. The number of likely N-dealkylation sites (N-methyl/N-ethyl adjacent to an activating group) is 1. The highest BCUT2D eigenvalue weighted by molar-refractivity contribution is 7.92. The lowest BCUT2D eigenvalue weighted by Crippen LogP contribution is -2.55. The van der Waals surface area contributed by atoms with Crippen LogP contribution in [-0.4, -0.2) is 48.5 Å². The molecule has 1 saturated heterocycles. The van der Waals surface area contributed by atoms with Gasteiger partial charge in [-0.05, 0) is 19.3 Å². The standard InChI is InChI=1S/C11H21N3O3S2/c1-3-9(10(12)18)19(16,17)14-7-5-4-6-8(14)11(15)13-2/h8-9H,3-7H2,1-2H3,(H2,12,18)(H,13,15). The van der Waals surface area contributed by atoms with E-state index in [2.05, 4.69) is 5.32 Å². The number of nitrogens with one attached hydrogen (secondary N) is 1. The molecule has 1 heterocycles. The van der Waals surface area contributed by atoms with E-state index in [1.165, 1.54) is 11.4 Å². The number of carbonyl (C=O) groups excluding carboxylic acids is 1. The summed E-state index contributed by atoms with van der Waals surface area (Å²) in [7, 11) is -2.16. The lowest BCUT2D eigenvalue weighted by Gasteiger charge is -2.35. The zero-order valence-corrected chi connectivity index (χ0v) is 12.9. The van der Waals surface area contributed by atoms with Crippen LogP contribution in [0.3, 0.4) is 0 Å². The third-order valence-corrected chi connectivity index (χ3v) is 6.21. The Balaban J connectivity index is 3.08. The molecule has 2 atom stereocenters. The van der Waals surface area contributed by atoms with Gasteiger partial charge in [0.2, 0.25) is 15.9 Å². The lowest BCUT2D eigenvalue weighted by atomic mass is 10.0. The van der Waals surface area contributed by atoms with Crippen LogP contribution < -0.4 is 11.1 Å². The van der Waals surface area contributed by atoms with E-state index < -0.39 is 21.3 Å². The van der Waals surface area contributed by atoms with Crippen LogP contribution >= 0.6 is 12.2 Å². The molecule has 1 amide bonds. The maximum absolute atomic E-state index is 12.6. The Bertz CT molecular complexity index is 450. The van der Waals surface area contributed by atoms with E-state index in [0.717, 1.165) is 12.8 Å². The highest BCUT2D eigenvalue weighted by Gasteiger charge is 2.40. The first-order valence-electron chi connectivity index (χ1n) is 6.37. The van der Waals surface area contributed by atoms with E-state index >= 15 is 0 Å². The van der Waals surface area contributed by atoms with Crippen molar-refractivity contribution in [3.8, 4) is 0 Å². The molecule has 0 aromatic rings. The summed E-state index contributed by atoms with van der Waals surface area (Å²) in [5, 5.41) is 1.62. The quantitative estimate of drug-likeness (QED) is 0.697. The molecular weight excluding hydrogens is 286 g/mol. The Morgan fingerprint density at radius 2 is 2.16 bits per heavy atom. The summed E-state index contributed by atoms with van der Waals surface area (Å²) in [6.07, 6.45) is 2.44. The number of thiocarbonyl (C=S) groups is 1. The summed E-state index contributed by atoms with van der Waals surface area (Å²) in [5.41, 5.74) is 5.52. The zero-order valence-electron chi connectivity index (χ0n) is 11.3. The second-order valence-electron chi connectivity index (χ2n) is 4.58. The molecule has 0 aromatic heterocycles. The molecule has 0 saturated carbocycles. The van der Waals surface area contributed by atoms with Gasteiger partial charge < -0.3 is 11.1 Å². The molecule has 0 aromatic carbocycles. The number of nitrogens with zero attached hydrogens (tertiary/aromatic N) is 1. The summed E-state index contributed by atoms with van der Waals surface area (Å²) in [6.45, 7) is 2.07. The van der Waals surface area contributed by atoms with Crippen LogP contribution in [0.4, 0.5) is 0 Å². The first-order valence-corrected chi connectivity index (χ1v) is 8.29. The monoisotopic (exact) mass is 307 g/mol. The van der Waals surface area contributed by atoms with Gasteiger partial charge in [0.25, 0.3) is 0 Å². The Kier molecular flexibility index (Phi) is 5.69. The smallest absolute Gasteiger partial charge is 0.238 e. The number of piperidine rings is 1. The Morgan fingerprint density at radius 3 is 2.63 bits per heavy atom. The normalized spacial score (nSPS) is 22.7. The van der Waals surface area contributed by atoms with E-state index in [0.29, 0.717) is 19.4 Å². The summed E-state index contributed by atoms with van der Waals surface area (Å²) in [4.78, 5) is 11.8. The van der Waals surface area contributed by atoms with Gasteiger partial charge in [-0.2, -0.15) is 4.31 Å². The van der Waals surface area contributed by atoms with Gasteiger partial charge in [-0.1, -0.05) is 25.6 Å². The van der Waals surface area contributed by atoms with Crippen molar-refractivity contribution >= 4 is 33.1 Å². The predicted molar refractivity (Wildman–Crippen MR) is 78.2 cm³/mol. The Morgan fingerprint density at radius 1 is 1.53 bits per heavy atom. The minimum atomic E-state index is -3.67. The molecule has 1 rings (SSSR count). The van der Waals surface area contributed by atoms with Crippen molar-refractivity contribution in [2.75, 3.05) is 13.6 Å². The van der Waals surface area contributed by atoms with Gasteiger partial charge >= 0.3 is 0 Å². The maximum Gasteiger partial charge on any atom is 0.238 e. The van der Waals surface area contributed by atoms with Crippen LogP contribution in [0.25, 0.3) is 0 Å². The number of hydrogen-bond donors (Lipinski definition) is 2. The minimum absolute atomic E-state index is 0.0382. The molecule has 0 aliphatic carbocycles. The van der Waals surface area contributed by atoms with Crippen LogP contribution in [0.2, 0.25) is 0 Å². The molecule has 0 bridgehead atoms. The van der Waals surface area contributed by atoms with Crippen molar-refractivity contribution in [3.63, 3.8) is 0 Å². The highest BCUT2D eigenvalue weighted by Crippen LogP contribution is 2.24. The average Bonchev–Trinajstić information content (AvgIpc) is 2.37. The lowest BCUT2D eigenvalue weighted by molar-refractivity contribution is -0.125. The number of rotatable bonds is 5. The van der Waals surface area contributed by atoms with Crippen molar-refractivity contribution in [1.82, 2.24) is 9.62 Å². The molecule has 2 unspecified atom stereocenters. The fraction of sp³-hybridized carbons (Fsp3) is 0.818. The van der Waals surface area contributed by atoms with Crippen LogP contribution in [0.15, 0.2) is 0 Å². The first-order chi connectivity index (χ1) is 8.86. The predicted octanol–water partition coefficient (Wildman–Crippen LogP) is -0.0186. The molecule has 0 radical (unpaired) electrons. The molecule has 6 nitrogen and oxygen atoms in total. The van der Waals surface area contributed by atoms with Gasteiger partial charge in [-0.15, -0.1) is 0 Å². The van der Waals surface area contributed by atoms with E-state index in [4.69, 9.17) is 18.0 Å². The summed E-state index contributed by atoms with van der Waals surface area (Å²) in [5.74, 6) is -0.277. The molecule has 19 heavy (non-hydrogen) atoms. The fourth-order valence-corrected chi connectivity index (χ4v) is 4.87. The van der Waals surface area contributed by atoms with Crippen molar-refractivity contribution in [3.05, 3.63) is 0 Å². The van der Waals surface area contributed by atoms with Crippen LogP contribution in [-0.2, 0) is 14.8 Å². The fourth-order valence-electron chi connectivity index (χ4n) is 2.36. The summed E-state index contributed by atoms with van der Waals surface area (Å²) in [6, 6.07) is -0.646. The molecule has 1 aliphatic rings. The average molecular weight is 307 g/mol. The number of nitrogens with two attached hydrogens (primary N) is 1. The van der Waals surface area contributed by atoms with Gasteiger partial charge in [0, 0.05) is 13.6 Å². The highest BCUT2D eigenvalue weighted by atomic mass is 32.2. The molecular formula is C11H21N3O3S2. The molecule has 1 aliphatic heterocycles. The van der Waals surface area contributed by atoms with Crippen molar-refractivity contribution < 1.29 is 13.2 Å². The second kappa shape index (κ2) is 6.62. The zero-order chi connectivity index (χ0) is 14.6. The van der Waals surface area contributed by atoms with Gasteiger partial charge in [0.15, 0.2) is 0 Å². The molecule has 3 N–H and O–H groups in total. The maximum atomic E-state index is 12.6. The Hall–Kier alpha value is -0.730. The van der Waals surface area contributed by atoms with Crippen molar-refractivity contribution in [1.29, 1.82) is 0 Å². The third kappa shape index (κ3) is 3.43. The van der Waals surface area contributed by atoms with Crippen LogP contribution in [0, 0.1) is 0 Å². The topological polar surface area (TPSA) is 92.5 Å². The number of amides is 1. The molecule has 8 heteroatoms. The van der Waals surface area contributed by atoms with E-state index in [-0.39, 0.29) is 10.9 Å². The SMILES string of the molecule is CCC(C(N)=S)S(=O)(=O)N1CCCCC1C(=O)NC. The molecule has 110 valence electrons. The van der Waals surface area contributed by atoms with Gasteiger partial charge in [0.1, 0.15) is 11.3 Å². The number of sulfonamides is 1. The molecule has 0 spiro atoms. The van der Waals surface area contributed by atoms with Crippen molar-refractivity contribution in [2.45, 2.75) is 43.9 Å². The largest absolute Gasteiger partial charge is 0.392 e. The van der Waals surface area contributed by atoms with Crippen LogP contribution in [0.5, 0.6) is 0 Å². The van der Waals surface area contributed by atoms with Crippen LogP contribution in [0.1, 0.15) is 32.6 Å². The van der Waals surface area contributed by atoms with E-state index in [1.54, 1.807) is 6.92 Å². The van der Waals surface area contributed by atoms with Gasteiger partial charge in [0.05, 0.1) is 4.99 Å². The second-order valence-corrected chi connectivity index (χ2v) is 7.12. The van der Waals surface area contributed by atoms with E-state index in [9.17, 15) is 13.2 Å². The minimum Gasteiger partial charge on any atom is -0.392 e. The van der Waals surface area contributed by atoms with Gasteiger partial charge in [-0.3, -0.25) is 4.79 Å². The third-order valence-electron chi connectivity index (χ3n) is 3.38. The summed E-state index contributed by atoms with van der Waals surface area (Å²) < 4.78 is 26.4. The summed E-state index contributed by atoms with van der Waals surface area (Å²) >= 11 is 4.84. The van der Waals surface area contributed by atoms with Gasteiger partial charge in [-0.25, -0.2) is 8.42 Å². The Labute approximate surface area is 119 Å². The van der Waals surface area contributed by atoms with Crippen molar-refractivity contribution in [2.24, 2.45) is 5.73 Å². The first kappa shape index (κ1) is 16.3. The molecule has 1 fully saturated rings. The number of carbonyl (C=O) groups is 1.